The maximum Gasteiger partial charge on any atom is 0.473 e. The molecule has 1 radical (unpaired) electrons. The van der Waals surface area contributed by atoms with Gasteiger partial charge >= 0.3 is 7.82 Å². The van der Waals surface area contributed by atoms with E-state index in [0.717, 1.165) is 17.3 Å². The van der Waals surface area contributed by atoms with E-state index in [4.69, 9.17) is 69.5 Å². The standard InChI is InChI=1S/C62H90N13O14P.Co/c1-29-20-39-40(21-30(29)2)75(28-70-39)57-52(84)53(41(27-76)87-57)89-90(85,86)88-31(3)26-69-49(83)18-19-59(8)37(22-46(66)80)56-62(11)61(10,25-48(68)82)36(14-17-45(65)79)51(74-62)33(5)55-60(9,24-47(67)81)34(12-15-43(63)77)38(71-55)23-42-58(6,7)35(13-16-44(64)78)50(72-42)32(4)54(59)73-56;/h20-21,23,26,28,31,34-38,41,50-53,56-57,76,84H,12-19,22,24-25,27H2,1-11H3,(H13,63,64,65,66,67,68,77,78,79,80,81,82,85,86);/q-4;/b42-23-,54-32-,55-33-,69-26?;/t31-,34-,35-,36-,37+,38?,41-,50-,51?,52-,53-,56-,57+,59-,60+,61+,62+;/m1./s1. The molecule has 0 spiro atoms. The zero-order valence-electron chi connectivity index (χ0n) is 53.6. The van der Waals surface area contributed by atoms with Gasteiger partial charge in [-0.2, -0.15) is 17.1 Å². The number of hydrogen-bond donors (Lipinski definition) is 9. The van der Waals surface area contributed by atoms with Crippen molar-refractivity contribution in [1.82, 2.24) is 4.98 Å². The van der Waals surface area contributed by atoms with Gasteiger partial charge in [-0.15, -0.1) is 34.8 Å². The first-order valence-corrected chi connectivity index (χ1v) is 32.2. The Morgan fingerprint density at radius 2 is 1.32 bits per heavy atom. The number of carbonyl (C=O) groups is 7. The Balaban J connectivity index is 0.0000118. The van der Waals surface area contributed by atoms with Crippen LogP contribution in [0.3, 0.4) is 0 Å². The van der Waals surface area contributed by atoms with Gasteiger partial charge < -0.3 is 80.1 Å². The number of aromatic nitrogens is 2. The molecular weight excluding hydrogens is 1240 g/mol. The molecule has 0 saturated carbocycles. The van der Waals surface area contributed by atoms with Crippen molar-refractivity contribution in [1.29, 1.82) is 0 Å². The largest absolute Gasteiger partial charge is 0.685 e. The van der Waals surface area contributed by atoms with Crippen LogP contribution in [0.4, 0.5) is 0 Å². The second kappa shape index (κ2) is 27.1. The fourth-order valence-corrected chi connectivity index (χ4v) is 17.1. The van der Waals surface area contributed by atoms with Crippen molar-refractivity contribution in [2.45, 2.75) is 207 Å². The quantitative estimate of drug-likeness (QED) is 0.0378. The molecule has 2 aromatic rings. The van der Waals surface area contributed by atoms with Crippen LogP contribution in [0, 0.1) is 59.2 Å². The molecule has 505 valence electrons. The van der Waals surface area contributed by atoms with Gasteiger partial charge in [-0.05, 0) is 129 Å². The molecule has 7 heterocycles. The van der Waals surface area contributed by atoms with Crippen molar-refractivity contribution in [3.05, 3.63) is 85.2 Å². The summed E-state index contributed by atoms with van der Waals surface area (Å²) in [5.74, 6) is -7.14. The van der Waals surface area contributed by atoms with Crippen molar-refractivity contribution in [3.63, 3.8) is 0 Å². The van der Waals surface area contributed by atoms with Crippen LogP contribution in [0.2, 0.25) is 0 Å². The number of aliphatic hydroxyl groups is 2. The molecule has 1 aromatic heterocycles. The van der Waals surface area contributed by atoms with E-state index >= 15 is 0 Å². The molecule has 8 rings (SSSR count). The van der Waals surface area contributed by atoms with Crippen LogP contribution in [-0.2, 0) is 68.7 Å². The molecule has 18 atom stereocenters. The van der Waals surface area contributed by atoms with Crippen LogP contribution in [0.1, 0.15) is 150 Å². The van der Waals surface area contributed by atoms with Gasteiger partial charge in [0.1, 0.15) is 24.4 Å². The third kappa shape index (κ3) is 14.0. The molecule has 6 aliphatic heterocycles. The summed E-state index contributed by atoms with van der Waals surface area (Å²) in [5, 5.41) is 44.1. The number of allylic oxidation sites excluding steroid dienone is 3. The average molecular weight is 1330 g/mol. The van der Waals surface area contributed by atoms with Crippen LogP contribution < -0.4 is 44.0 Å². The summed E-state index contributed by atoms with van der Waals surface area (Å²) in [6, 6.07) is 0.355. The number of rotatable bonds is 25. The number of primary amides is 6. The monoisotopic (exact) mass is 1330 g/mol. The van der Waals surface area contributed by atoms with Crippen LogP contribution >= 0.6 is 7.82 Å². The van der Waals surface area contributed by atoms with Crippen molar-refractivity contribution >= 4 is 66.4 Å². The van der Waals surface area contributed by atoms with Crippen LogP contribution in [0.15, 0.2) is 57.8 Å². The number of carbonyl (C=O) groups excluding carboxylic acids is 7. The van der Waals surface area contributed by atoms with E-state index in [2.05, 4.69) is 9.98 Å². The van der Waals surface area contributed by atoms with Gasteiger partial charge in [0.15, 0.2) is 6.23 Å². The van der Waals surface area contributed by atoms with E-state index in [1.54, 1.807) is 4.57 Å². The fourth-order valence-electron chi connectivity index (χ4n) is 16.0. The third-order valence-corrected chi connectivity index (χ3v) is 22.1. The predicted octanol–water partition coefficient (Wildman–Crippen LogP) is 4.38. The average Bonchev–Trinajstić information content (AvgIpc) is 1.54. The van der Waals surface area contributed by atoms with Gasteiger partial charge in [-0.1, -0.05) is 53.6 Å². The van der Waals surface area contributed by atoms with Crippen molar-refractivity contribution in [3.8, 4) is 0 Å². The maximum absolute atomic E-state index is 14.3. The maximum atomic E-state index is 14.3. The molecule has 0 aliphatic carbocycles. The Morgan fingerprint density at radius 1 is 0.747 bits per heavy atom. The van der Waals surface area contributed by atoms with Crippen molar-refractivity contribution in [2.75, 3.05) is 6.61 Å². The summed E-state index contributed by atoms with van der Waals surface area (Å²) in [4.78, 5) is 113. The Hall–Kier alpha value is -6.07. The first-order chi connectivity index (χ1) is 41.8. The number of amides is 7. The molecule has 6 aliphatic rings. The minimum Gasteiger partial charge on any atom is -0.685 e. The number of aliphatic imine (C=N–C) groups is 1. The van der Waals surface area contributed by atoms with Gasteiger partial charge in [0.05, 0.1) is 24.0 Å². The minimum absolute atomic E-state index is 0. The second-order valence-corrected chi connectivity index (χ2v) is 28.7. The number of aliphatic hydroxyl groups excluding tert-OH is 2. The number of hydrogen-bond acceptors (Lipinski definition) is 13. The molecule has 29 heteroatoms. The first kappa shape index (κ1) is 72.4. The van der Waals surface area contributed by atoms with Gasteiger partial charge in [0, 0.05) is 67.9 Å². The summed E-state index contributed by atoms with van der Waals surface area (Å²) >= 11 is 0. The molecule has 91 heavy (non-hydrogen) atoms. The Bertz CT molecular complexity index is 3390. The van der Waals surface area contributed by atoms with Crippen molar-refractivity contribution in [2.24, 2.45) is 84.7 Å². The molecular formula is C62H90CoN13O14P-4. The number of nitrogens with two attached hydrogens (primary N) is 6. The Morgan fingerprint density at radius 3 is 1.90 bits per heavy atom. The normalized spacial score (nSPS) is 36.4. The molecule has 15 N–H and O–H groups in total. The molecule has 5 fully saturated rings. The molecule has 3 unspecified atom stereocenters. The summed E-state index contributed by atoms with van der Waals surface area (Å²) < 4.78 is 32.1. The van der Waals surface area contributed by atoms with Gasteiger partial charge in [0.2, 0.25) is 41.4 Å². The smallest absolute Gasteiger partial charge is 0.473 e. The van der Waals surface area contributed by atoms with Gasteiger partial charge in [0.25, 0.3) is 0 Å². The van der Waals surface area contributed by atoms with E-state index in [0.29, 0.717) is 39.3 Å². The first-order valence-electron chi connectivity index (χ1n) is 30.7. The zero-order valence-corrected chi connectivity index (χ0v) is 55.5. The molecule has 8 bridgehead atoms. The van der Waals surface area contributed by atoms with E-state index in [1.807, 2.05) is 87.4 Å². The van der Waals surface area contributed by atoms with E-state index < -0.39 is 161 Å². The van der Waals surface area contributed by atoms with E-state index in [1.165, 1.54) is 13.3 Å². The third-order valence-electron chi connectivity index (χ3n) is 21.0. The zero-order chi connectivity index (χ0) is 66.7. The Kier molecular flexibility index (Phi) is 21.5. The SMILES string of the molecule is C/C1=C2/[N-]C(/C=C3\[N-][C@H](/C(C)=C4\[N-][C@H]([C@H](CC(N)=O)[C@@]4(C)CCC(=O)N=C[C@@H](C)OP(=O)(O)O[C@H]4[C@@H](O)[C@@H]([n+]5c[n-]c6cc(C)c(C)cc65)O[C@@H]4CO)[C@]4(C)[N-]C1[C@@H](CCC(N)=O)[C@]4(C)CC(N)=O)[C@@H](CCC(N)=O)C3(C)C)[C@@H](CCC(N)=O)[C@]2(C)CC(N)=O.[Co]. The number of ether oxygens (including phenoxy) is 1. The Labute approximate surface area is 541 Å². The summed E-state index contributed by atoms with van der Waals surface area (Å²) in [7, 11) is -5.12. The summed E-state index contributed by atoms with van der Waals surface area (Å²) in [6.45, 7) is 19.6. The number of imidazole rings is 1. The van der Waals surface area contributed by atoms with Crippen LogP contribution in [0.5, 0.6) is 0 Å². The summed E-state index contributed by atoms with van der Waals surface area (Å²) in [6.07, 6.45) is -3.42. The van der Waals surface area contributed by atoms with Gasteiger partial charge in [-0.3, -0.25) is 42.6 Å². The molecule has 5 saturated heterocycles. The van der Waals surface area contributed by atoms with Crippen LogP contribution in [-0.4, -0.2) is 123 Å². The summed E-state index contributed by atoms with van der Waals surface area (Å²) in [5.41, 5.74) is 36.0. The van der Waals surface area contributed by atoms with Crippen molar-refractivity contribution < 1.29 is 88.4 Å². The van der Waals surface area contributed by atoms with E-state index in [9.17, 15) is 53.2 Å². The molecule has 1 aromatic carbocycles. The number of phosphoric ester groups is 1. The number of nitrogens with zero attached hydrogens (tertiary/aromatic N) is 7. The molecule has 27 nitrogen and oxygen atoms in total. The van der Waals surface area contributed by atoms with E-state index in [-0.39, 0.29) is 87.4 Å². The second-order valence-electron chi connectivity index (χ2n) is 27.3. The minimum atomic E-state index is -5.12. The van der Waals surface area contributed by atoms with Gasteiger partial charge in [-0.25, -0.2) is 14.5 Å². The predicted molar refractivity (Wildman–Crippen MR) is 331 cm³/mol. The van der Waals surface area contributed by atoms with Crippen LogP contribution in [0.25, 0.3) is 32.3 Å². The number of fused-ring (bicyclic) bond motifs is 10. The number of aryl methyl sites for hydroxylation is 2. The number of phosphoric acid groups is 1. The molecule has 7 amide bonds. The number of benzene rings is 1. The topological polar surface area (TPSA) is 468 Å². The fraction of sp³-hybridized carbons (Fsp3) is 0.661.